The van der Waals surface area contributed by atoms with Crippen molar-refractivity contribution in [1.82, 2.24) is 4.90 Å². The Morgan fingerprint density at radius 1 is 0.804 bits per heavy atom. The zero-order valence-electron chi connectivity index (χ0n) is 33.2. The highest BCUT2D eigenvalue weighted by Gasteiger charge is 2.53. The summed E-state index contributed by atoms with van der Waals surface area (Å²) in [7, 11) is 6.75. The summed E-state index contributed by atoms with van der Waals surface area (Å²) in [4.78, 5) is 29.8. The maximum atomic E-state index is 14.0. The highest BCUT2D eigenvalue weighted by molar-refractivity contribution is 5.83. The van der Waals surface area contributed by atoms with Gasteiger partial charge in [-0.1, -0.05) is 20.8 Å². The molecule has 3 saturated heterocycles. The second-order valence-electron chi connectivity index (χ2n) is 16.4. The van der Waals surface area contributed by atoms with E-state index in [1.54, 1.807) is 34.6 Å². The van der Waals surface area contributed by atoms with Gasteiger partial charge in [-0.25, -0.2) is 0 Å². The van der Waals surface area contributed by atoms with E-state index in [0.717, 1.165) is 0 Å². The lowest BCUT2D eigenvalue weighted by Crippen LogP contribution is -2.61. The molecule has 3 aliphatic heterocycles. The fraction of sp³-hybridized carbons (Fsp3) is 0.946. The van der Waals surface area contributed by atoms with E-state index in [-0.39, 0.29) is 30.8 Å². The van der Waals surface area contributed by atoms with E-state index in [0.29, 0.717) is 6.42 Å². The van der Waals surface area contributed by atoms with Crippen LogP contribution in [0.1, 0.15) is 88.5 Å². The molecule has 0 aromatic carbocycles. The van der Waals surface area contributed by atoms with Gasteiger partial charge in [-0.3, -0.25) is 9.59 Å². The summed E-state index contributed by atoms with van der Waals surface area (Å²) in [5.74, 6) is -4.50. The second kappa shape index (κ2) is 17.0. The van der Waals surface area contributed by atoms with Crippen LogP contribution in [-0.2, 0) is 42.7 Å². The number of methoxy groups -OCH3 is 2. The van der Waals surface area contributed by atoms with Crippen LogP contribution in [-0.4, -0.2) is 150 Å². The van der Waals surface area contributed by atoms with Gasteiger partial charge in [-0.2, -0.15) is 0 Å². The maximum Gasteiger partial charge on any atom is 0.311 e. The molecule has 0 radical (unpaired) electrons. The molecule has 3 aliphatic rings. The Labute approximate surface area is 304 Å². The van der Waals surface area contributed by atoms with Crippen LogP contribution >= 0.6 is 0 Å². The highest BCUT2D eigenvalue weighted by Crippen LogP contribution is 2.41. The SMILES string of the molecule is COC1(C)C[C@@H](O[C@H]2[C@H](C)[C@@H](O[C@@H]3O[C@H](C)CC(N(C)C)C3O)[C@](C)(OC)C[C@@H](C)C(=O)[C@H](C)C(O)[C@](C)(O)[C@@H](C)OC(=O)[C@@H]2C)O[C@H](C)C1O. The van der Waals surface area contributed by atoms with Crippen molar-refractivity contribution in [2.75, 3.05) is 28.3 Å². The van der Waals surface area contributed by atoms with Gasteiger partial charge in [0.05, 0.1) is 47.6 Å². The minimum absolute atomic E-state index is 0.109. The molecular formula is C37H67NO13. The third-order valence-corrected chi connectivity index (χ3v) is 12.1. The number of ketones is 1. The Morgan fingerprint density at radius 3 is 1.94 bits per heavy atom. The summed E-state index contributed by atoms with van der Waals surface area (Å²) < 4.78 is 43.6. The maximum absolute atomic E-state index is 14.0. The molecule has 298 valence electrons. The Morgan fingerprint density at radius 2 is 1.39 bits per heavy atom. The number of carbonyl (C=O) groups excluding carboxylic acids is 2. The topological polar surface area (TPSA) is 183 Å². The number of rotatable bonds is 7. The monoisotopic (exact) mass is 733 g/mol. The highest BCUT2D eigenvalue weighted by atomic mass is 16.7. The van der Waals surface area contributed by atoms with Crippen LogP contribution in [0.4, 0.5) is 0 Å². The van der Waals surface area contributed by atoms with Crippen molar-refractivity contribution >= 4 is 11.8 Å². The molecular weight excluding hydrogens is 666 g/mol. The molecule has 0 aliphatic carbocycles. The minimum Gasteiger partial charge on any atom is -0.459 e. The molecule has 3 fully saturated rings. The number of Topliss-reactive ketones (excluding diaryl/α,β-unsaturated/α-hetero) is 1. The van der Waals surface area contributed by atoms with Gasteiger partial charge in [0.15, 0.2) is 12.6 Å². The second-order valence-corrected chi connectivity index (χ2v) is 16.4. The van der Waals surface area contributed by atoms with E-state index in [9.17, 15) is 30.0 Å². The number of nitrogens with zero attached hydrogens (tertiary/aromatic N) is 1. The van der Waals surface area contributed by atoms with Gasteiger partial charge in [0, 0.05) is 44.4 Å². The van der Waals surface area contributed by atoms with E-state index >= 15 is 0 Å². The number of aliphatic hydroxyl groups is 4. The standard InChI is InChI=1S/C37H67NO13/c1-18-16-36(9,46-14)32(51-34-28(40)25(38(11)12)15-19(2)47-34)21(4)29(50-26-17-35(8,45-13)31(42)23(6)48-26)22(5)33(43)49-24(7)37(10,44)30(41)20(3)27(18)39/h18-26,28-32,34,40-42,44H,15-17H2,1-14H3/t18-,19-,20+,21+,22-,23-,24-,25?,26-,28?,29+,30?,31?,32-,34+,35?,36-,37-/m1/s1. The Bertz CT molecular complexity index is 1170. The van der Waals surface area contributed by atoms with Crippen molar-refractivity contribution in [3.05, 3.63) is 0 Å². The number of carbonyl (C=O) groups is 2. The zero-order chi connectivity index (χ0) is 39.0. The van der Waals surface area contributed by atoms with Crippen molar-refractivity contribution in [1.29, 1.82) is 0 Å². The Kier molecular flexibility index (Phi) is 14.7. The van der Waals surface area contributed by atoms with Crippen molar-refractivity contribution in [2.45, 2.75) is 173 Å². The first kappa shape index (κ1) is 44.1. The van der Waals surface area contributed by atoms with Crippen LogP contribution in [0.2, 0.25) is 0 Å². The molecule has 18 atom stereocenters. The first-order valence-corrected chi connectivity index (χ1v) is 18.3. The summed E-state index contributed by atoms with van der Waals surface area (Å²) in [6.07, 6.45) is -8.94. The molecule has 0 aromatic rings. The summed E-state index contributed by atoms with van der Waals surface area (Å²) in [5, 5.41) is 45.2. The molecule has 0 spiro atoms. The molecule has 3 rings (SSSR count). The van der Waals surface area contributed by atoms with Crippen molar-refractivity contribution < 1.29 is 63.2 Å². The summed E-state index contributed by atoms with van der Waals surface area (Å²) in [6, 6.07) is -0.283. The fourth-order valence-corrected chi connectivity index (χ4v) is 8.17. The molecule has 0 aromatic heterocycles. The number of likely N-dealkylation sites (N-methyl/N-ethyl adjacent to an activating group) is 1. The predicted octanol–water partition coefficient (Wildman–Crippen LogP) is 2.05. The summed E-state index contributed by atoms with van der Waals surface area (Å²) in [6.45, 7) is 16.7. The van der Waals surface area contributed by atoms with Gasteiger partial charge in [0.2, 0.25) is 0 Å². The number of aliphatic hydroxyl groups excluding tert-OH is 3. The first-order chi connectivity index (χ1) is 23.4. The lowest BCUT2D eigenvalue weighted by Gasteiger charge is -2.49. The molecule has 5 unspecified atom stereocenters. The molecule has 51 heavy (non-hydrogen) atoms. The van der Waals surface area contributed by atoms with Crippen molar-refractivity contribution in [3.63, 3.8) is 0 Å². The van der Waals surface area contributed by atoms with Crippen LogP contribution < -0.4 is 0 Å². The largest absolute Gasteiger partial charge is 0.459 e. The third kappa shape index (κ3) is 9.33. The van der Waals surface area contributed by atoms with Crippen LogP contribution in [0.5, 0.6) is 0 Å². The van der Waals surface area contributed by atoms with Crippen LogP contribution in [0.3, 0.4) is 0 Å². The molecule has 0 saturated carbocycles. The molecule has 3 heterocycles. The van der Waals surface area contributed by atoms with Crippen LogP contribution in [0.25, 0.3) is 0 Å². The molecule has 0 amide bonds. The van der Waals surface area contributed by atoms with Gasteiger partial charge < -0.3 is 58.5 Å². The van der Waals surface area contributed by atoms with Crippen molar-refractivity contribution in [3.8, 4) is 0 Å². The predicted molar refractivity (Wildman–Crippen MR) is 186 cm³/mol. The molecule has 14 nitrogen and oxygen atoms in total. The average Bonchev–Trinajstić information content (AvgIpc) is 3.07. The van der Waals surface area contributed by atoms with Crippen molar-refractivity contribution in [2.24, 2.45) is 23.7 Å². The smallest absolute Gasteiger partial charge is 0.311 e. The quantitative estimate of drug-likeness (QED) is 0.279. The Hall–Kier alpha value is -1.30. The number of hydrogen-bond donors (Lipinski definition) is 4. The van der Waals surface area contributed by atoms with Gasteiger partial charge in [-0.05, 0) is 75.4 Å². The first-order valence-electron chi connectivity index (χ1n) is 18.3. The fourth-order valence-electron chi connectivity index (χ4n) is 8.17. The number of ether oxygens (including phenoxy) is 7. The van der Waals surface area contributed by atoms with E-state index in [2.05, 4.69) is 0 Å². The molecule has 14 heteroatoms. The number of hydrogen-bond acceptors (Lipinski definition) is 14. The van der Waals surface area contributed by atoms with E-state index < -0.39 is 102 Å². The lowest BCUT2D eigenvalue weighted by molar-refractivity contribution is -0.319. The van der Waals surface area contributed by atoms with Gasteiger partial charge >= 0.3 is 5.97 Å². The lowest BCUT2D eigenvalue weighted by atomic mass is 9.74. The molecule has 4 N–H and O–H groups in total. The zero-order valence-corrected chi connectivity index (χ0v) is 33.2. The van der Waals surface area contributed by atoms with Gasteiger partial charge in [-0.15, -0.1) is 0 Å². The van der Waals surface area contributed by atoms with E-state index in [1.807, 2.05) is 32.8 Å². The average molecular weight is 734 g/mol. The minimum atomic E-state index is -1.97. The Balaban J connectivity index is 2.20. The normalized spacial score (nSPS) is 49.7. The van der Waals surface area contributed by atoms with E-state index in [4.69, 9.17) is 33.2 Å². The third-order valence-electron chi connectivity index (χ3n) is 12.1. The molecule has 0 bridgehead atoms. The summed E-state index contributed by atoms with van der Waals surface area (Å²) >= 11 is 0. The summed E-state index contributed by atoms with van der Waals surface area (Å²) in [5.41, 5.74) is -4.25. The number of esters is 1. The van der Waals surface area contributed by atoms with E-state index in [1.165, 1.54) is 35.0 Å². The van der Waals surface area contributed by atoms with Gasteiger partial charge in [0.1, 0.15) is 29.7 Å². The van der Waals surface area contributed by atoms with Crippen LogP contribution in [0, 0.1) is 23.7 Å². The number of cyclic esters (lactones) is 1. The van der Waals surface area contributed by atoms with Crippen LogP contribution in [0.15, 0.2) is 0 Å². The van der Waals surface area contributed by atoms with Gasteiger partial charge in [0.25, 0.3) is 0 Å².